The fraction of sp³-hybridized carbons (Fsp3) is 0.128. The molecule has 0 bridgehead atoms. The number of aromatic carboxylic acids is 1. The van der Waals surface area contributed by atoms with Crippen molar-refractivity contribution in [1.82, 2.24) is 9.55 Å². The lowest BCUT2D eigenvalue weighted by molar-refractivity contribution is -0.137. The van der Waals surface area contributed by atoms with Crippen LogP contribution in [0, 0.1) is 6.92 Å². The molecular weight excluding hydrogens is 683 g/mol. The van der Waals surface area contributed by atoms with Gasteiger partial charge in [-0.3, -0.25) is 0 Å². The molecule has 0 saturated carbocycles. The zero-order chi connectivity index (χ0) is 35.4. The Kier molecular flexibility index (Phi) is 10.2. The summed E-state index contributed by atoms with van der Waals surface area (Å²) in [5, 5.41) is 10.2. The van der Waals surface area contributed by atoms with Crippen LogP contribution in [0.1, 0.15) is 39.8 Å². The standard InChI is InChI=1S/C39H31ClF3N3O3S/c1-3-46-23-35(33-17-14-30(40)19-24(33)2)44-37(46)20-25-7-9-26(10-8-25)27-11-15-31(16-12-27)49-36-18-13-28(38(47)48)21-34(36)45-50-32-6-4-5-29(22-32)39(41,42)43/h4-19,21-23,45H,3,20H2,1-2H3,(H,47,48). The monoisotopic (exact) mass is 713 g/mol. The van der Waals surface area contributed by atoms with E-state index in [-0.39, 0.29) is 5.56 Å². The summed E-state index contributed by atoms with van der Waals surface area (Å²) in [6.45, 7) is 4.93. The molecule has 0 unspecified atom stereocenters. The summed E-state index contributed by atoms with van der Waals surface area (Å²) in [7, 11) is 0. The maximum Gasteiger partial charge on any atom is 0.416 e. The Balaban J connectivity index is 1.15. The van der Waals surface area contributed by atoms with Crippen molar-refractivity contribution in [3.8, 4) is 33.9 Å². The van der Waals surface area contributed by atoms with Crippen LogP contribution in [-0.2, 0) is 19.1 Å². The highest BCUT2D eigenvalue weighted by Crippen LogP contribution is 2.37. The molecule has 5 aromatic carbocycles. The van der Waals surface area contributed by atoms with Crippen LogP contribution in [0.25, 0.3) is 22.4 Å². The second kappa shape index (κ2) is 14.7. The first kappa shape index (κ1) is 34.7. The summed E-state index contributed by atoms with van der Waals surface area (Å²) in [5.41, 5.74) is 5.69. The van der Waals surface area contributed by atoms with Crippen LogP contribution in [-0.4, -0.2) is 20.6 Å². The first-order chi connectivity index (χ1) is 24.0. The number of ether oxygens (including phenoxy) is 1. The third-order valence-corrected chi connectivity index (χ3v) is 9.11. The number of carboxylic acid groups (broad SMARTS) is 1. The predicted molar refractivity (Wildman–Crippen MR) is 192 cm³/mol. The van der Waals surface area contributed by atoms with Gasteiger partial charge in [-0.15, -0.1) is 0 Å². The zero-order valence-corrected chi connectivity index (χ0v) is 28.5. The van der Waals surface area contributed by atoms with E-state index < -0.39 is 17.7 Å². The van der Waals surface area contributed by atoms with Crippen molar-refractivity contribution >= 4 is 35.2 Å². The van der Waals surface area contributed by atoms with Crippen LogP contribution in [0.4, 0.5) is 18.9 Å². The van der Waals surface area contributed by atoms with Gasteiger partial charge in [0.15, 0.2) is 5.75 Å². The molecule has 2 N–H and O–H groups in total. The van der Waals surface area contributed by atoms with Crippen molar-refractivity contribution in [2.24, 2.45) is 0 Å². The molecule has 0 fully saturated rings. The number of aryl methyl sites for hydroxylation is 2. The van der Waals surface area contributed by atoms with E-state index in [2.05, 4.69) is 46.7 Å². The Labute approximate surface area is 296 Å². The van der Waals surface area contributed by atoms with Gasteiger partial charge in [-0.25, -0.2) is 9.78 Å². The van der Waals surface area contributed by atoms with Crippen LogP contribution in [0.2, 0.25) is 5.02 Å². The molecule has 11 heteroatoms. The van der Waals surface area contributed by atoms with Gasteiger partial charge in [-0.2, -0.15) is 13.2 Å². The number of hydrogen-bond donors (Lipinski definition) is 2. The van der Waals surface area contributed by atoms with Gasteiger partial charge in [-0.05, 0) is 109 Å². The molecule has 6 aromatic rings. The van der Waals surface area contributed by atoms with Crippen molar-refractivity contribution in [3.05, 3.63) is 148 Å². The van der Waals surface area contributed by atoms with E-state index in [1.165, 1.54) is 30.3 Å². The Morgan fingerprint density at radius 3 is 2.32 bits per heavy atom. The number of rotatable bonds is 11. The topological polar surface area (TPSA) is 76.4 Å². The van der Waals surface area contributed by atoms with Crippen molar-refractivity contribution in [1.29, 1.82) is 0 Å². The Bertz CT molecular complexity index is 2150. The number of hydrogen-bond acceptors (Lipinski definition) is 5. The number of nitrogens with one attached hydrogen (secondary N) is 1. The molecule has 6 nitrogen and oxygen atoms in total. The molecule has 0 spiro atoms. The average Bonchev–Trinajstić information content (AvgIpc) is 3.50. The van der Waals surface area contributed by atoms with Gasteiger partial charge in [0.2, 0.25) is 0 Å². The Hall–Kier alpha value is -5.19. The number of imidazole rings is 1. The SMILES string of the molecule is CCn1cc(-c2ccc(Cl)cc2C)nc1Cc1ccc(-c2ccc(Oc3ccc(C(=O)O)cc3NSc3cccc(C(F)(F)F)c3)cc2)cc1. The molecule has 1 aromatic heterocycles. The average molecular weight is 714 g/mol. The number of aromatic nitrogens is 2. The lowest BCUT2D eigenvalue weighted by atomic mass is 10.0. The summed E-state index contributed by atoms with van der Waals surface area (Å²) >= 11 is 7.08. The largest absolute Gasteiger partial charge is 0.478 e. The number of halogens is 4. The maximum atomic E-state index is 13.2. The van der Waals surface area contributed by atoms with Crippen LogP contribution < -0.4 is 9.46 Å². The highest BCUT2D eigenvalue weighted by atomic mass is 35.5. The van der Waals surface area contributed by atoms with Crippen molar-refractivity contribution < 1.29 is 27.8 Å². The molecule has 0 amide bonds. The Morgan fingerprint density at radius 2 is 1.66 bits per heavy atom. The smallest absolute Gasteiger partial charge is 0.416 e. The number of alkyl halides is 3. The summed E-state index contributed by atoms with van der Waals surface area (Å²) < 4.78 is 50.8. The second-order valence-electron chi connectivity index (χ2n) is 11.5. The summed E-state index contributed by atoms with van der Waals surface area (Å²) in [4.78, 5) is 16.9. The fourth-order valence-corrected chi connectivity index (χ4v) is 6.38. The third kappa shape index (κ3) is 8.15. The zero-order valence-electron chi connectivity index (χ0n) is 27.0. The summed E-state index contributed by atoms with van der Waals surface area (Å²) in [6, 6.07) is 30.7. The molecule has 0 aliphatic rings. The van der Waals surface area contributed by atoms with E-state index in [0.717, 1.165) is 70.0 Å². The maximum absolute atomic E-state index is 13.2. The number of carbonyl (C=O) groups is 1. The molecular formula is C39H31ClF3N3O3S. The van der Waals surface area contributed by atoms with Gasteiger partial charge < -0.3 is 19.1 Å². The van der Waals surface area contributed by atoms with Gasteiger partial charge in [0, 0.05) is 34.6 Å². The van der Waals surface area contributed by atoms with Crippen LogP contribution in [0.3, 0.4) is 0 Å². The van der Waals surface area contributed by atoms with Crippen LogP contribution in [0.15, 0.2) is 120 Å². The molecule has 6 rings (SSSR count). The van der Waals surface area contributed by atoms with Gasteiger partial charge in [0.1, 0.15) is 11.6 Å². The number of carboxylic acids is 1. The molecule has 0 aliphatic carbocycles. The molecule has 0 radical (unpaired) electrons. The highest BCUT2D eigenvalue weighted by Gasteiger charge is 2.30. The molecule has 0 saturated heterocycles. The van der Waals surface area contributed by atoms with Crippen molar-refractivity contribution in [3.63, 3.8) is 0 Å². The van der Waals surface area contributed by atoms with E-state index in [4.69, 9.17) is 21.3 Å². The van der Waals surface area contributed by atoms with Crippen LogP contribution in [0.5, 0.6) is 11.5 Å². The van der Waals surface area contributed by atoms with Gasteiger partial charge >= 0.3 is 12.1 Å². The number of anilines is 1. The quantitative estimate of drug-likeness (QED) is 0.130. The van der Waals surface area contributed by atoms with E-state index in [0.29, 0.717) is 33.5 Å². The molecule has 50 heavy (non-hydrogen) atoms. The van der Waals surface area contributed by atoms with Crippen molar-refractivity contribution in [2.75, 3.05) is 4.72 Å². The number of benzene rings is 5. The molecule has 1 heterocycles. The second-order valence-corrected chi connectivity index (χ2v) is 12.8. The lowest BCUT2D eigenvalue weighted by Crippen LogP contribution is -2.04. The first-order valence-electron chi connectivity index (χ1n) is 15.6. The van der Waals surface area contributed by atoms with Gasteiger partial charge in [0.25, 0.3) is 0 Å². The normalized spacial score (nSPS) is 11.4. The molecule has 0 aliphatic heterocycles. The lowest BCUT2D eigenvalue weighted by Gasteiger charge is -2.14. The van der Waals surface area contributed by atoms with E-state index in [1.54, 1.807) is 12.1 Å². The van der Waals surface area contributed by atoms with E-state index in [1.807, 2.05) is 37.3 Å². The van der Waals surface area contributed by atoms with Crippen LogP contribution >= 0.6 is 23.5 Å². The molecule has 0 atom stereocenters. The van der Waals surface area contributed by atoms with Gasteiger partial charge in [0.05, 0.1) is 22.5 Å². The molecule has 254 valence electrons. The number of nitrogens with zero attached hydrogens (tertiary/aromatic N) is 2. The summed E-state index contributed by atoms with van der Waals surface area (Å²) in [5.74, 6) is 0.641. The fourth-order valence-electron chi connectivity index (χ4n) is 5.43. The minimum Gasteiger partial charge on any atom is -0.478 e. The van der Waals surface area contributed by atoms with Gasteiger partial charge in [-0.1, -0.05) is 60.1 Å². The predicted octanol–water partition coefficient (Wildman–Crippen LogP) is 11.4. The first-order valence-corrected chi connectivity index (χ1v) is 16.8. The minimum absolute atomic E-state index is 0.000880. The van der Waals surface area contributed by atoms with E-state index in [9.17, 15) is 23.1 Å². The van der Waals surface area contributed by atoms with E-state index >= 15 is 0 Å². The van der Waals surface area contributed by atoms with Crippen molar-refractivity contribution in [2.45, 2.75) is 37.9 Å². The summed E-state index contributed by atoms with van der Waals surface area (Å²) in [6.07, 6.45) is -1.72. The minimum atomic E-state index is -4.48. The highest BCUT2D eigenvalue weighted by molar-refractivity contribution is 8.00. The third-order valence-electron chi connectivity index (χ3n) is 8.06. The Morgan fingerprint density at radius 1 is 0.940 bits per heavy atom.